The van der Waals surface area contributed by atoms with Gasteiger partial charge in [-0.25, -0.2) is 0 Å². The van der Waals surface area contributed by atoms with Gasteiger partial charge in [-0.3, -0.25) is 0 Å². The number of hydrogen-bond donors (Lipinski definition) is 1. The molecule has 2 N–H and O–H groups in total. The quantitative estimate of drug-likeness (QED) is 0.912. The van der Waals surface area contributed by atoms with Gasteiger partial charge in [-0.2, -0.15) is 0 Å². The van der Waals surface area contributed by atoms with Crippen LogP contribution in [0.3, 0.4) is 0 Å². The van der Waals surface area contributed by atoms with Gasteiger partial charge in [0, 0.05) is 12.0 Å². The Morgan fingerprint density at radius 3 is 2.48 bits per heavy atom. The van der Waals surface area contributed by atoms with Crippen LogP contribution in [-0.4, -0.2) is 13.2 Å². The number of nitrogens with two attached hydrogens (primary N) is 1. The monoisotopic (exact) mass is 283 g/mol. The van der Waals surface area contributed by atoms with Gasteiger partial charge in [-0.1, -0.05) is 31.2 Å². The first-order chi connectivity index (χ1) is 10.1. The Hall–Kier alpha value is -2.00. The van der Waals surface area contributed by atoms with Crippen LogP contribution in [0.2, 0.25) is 0 Å². The van der Waals surface area contributed by atoms with Gasteiger partial charge < -0.3 is 15.2 Å². The largest absolute Gasteiger partial charge is 0.489 e. The van der Waals surface area contributed by atoms with Crippen molar-refractivity contribution in [2.45, 2.75) is 19.9 Å². The molecule has 21 heavy (non-hydrogen) atoms. The molecule has 1 heterocycles. The summed E-state index contributed by atoms with van der Waals surface area (Å²) in [5.41, 5.74) is 9.36. The Balaban J connectivity index is 1.95. The summed E-state index contributed by atoms with van der Waals surface area (Å²) >= 11 is 0. The zero-order chi connectivity index (χ0) is 14.8. The average Bonchev–Trinajstić information content (AvgIpc) is 2.69. The Labute approximate surface area is 125 Å². The van der Waals surface area contributed by atoms with Gasteiger partial charge in [0.15, 0.2) is 11.5 Å². The van der Waals surface area contributed by atoms with E-state index in [9.17, 15) is 0 Å². The van der Waals surface area contributed by atoms with E-state index in [0.29, 0.717) is 19.1 Å². The van der Waals surface area contributed by atoms with Crippen molar-refractivity contribution in [3.8, 4) is 22.6 Å². The highest BCUT2D eigenvalue weighted by Crippen LogP contribution is 2.35. The van der Waals surface area contributed by atoms with E-state index in [2.05, 4.69) is 31.2 Å². The van der Waals surface area contributed by atoms with E-state index in [1.54, 1.807) is 0 Å². The summed E-state index contributed by atoms with van der Waals surface area (Å²) in [6.45, 7) is 5.51. The molecule has 0 amide bonds. The molecule has 2 aromatic rings. The first-order valence-corrected chi connectivity index (χ1v) is 7.39. The van der Waals surface area contributed by atoms with Gasteiger partial charge in [0.05, 0.1) is 13.2 Å². The Morgan fingerprint density at radius 1 is 1.00 bits per heavy atom. The fraction of sp³-hybridized carbons (Fsp3) is 0.333. The Bertz CT molecular complexity index is 637. The van der Waals surface area contributed by atoms with Crippen LogP contribution >= 0.6 is 0 Å². The fourth-order valence-electron chi connectivity index (χ4n) is 2.43. The van der Waals surface area contributed by atoms with Crippen molar-refractivity contribution in [1.82, 2.24) is 0 Å². The van der Waals surface area contributed by atoms with E-state index in [1.807, 2.05) is 25.1 Å². The predicted octanol–water partition coefficient (Wildman–Crippen LogP) is 3.78. The van der Waals surface area contributed by atoms with Crippen LogP contribution in [0.1, 0.15) is 25.5 Å². The van der Waals surface area contributed by atoms with Crippen molar-refractivity contribution < 1.29 is 9.47 Å². The molecule has 0 aliphatic carbocycles. The average molecular weight is 283 g/mol. The third-order valence-corrected chi connectivity index (χ3v) is 3.74. The second-order valence-corrected chi connectivity index (χ2v) is 5.80. The van der Waals surface area contributed by atoms with Crippen molar-refractivity contribution in [2.75, 3.05) is 13.2 Å². The van der Waals surface area contributed by atoms with E-state index in [-0.39, 0.29) is 6.04 Å². The van der Waals surface area contributed by atoms with E-state index >= 15 is 0 Å². The lowest BCUT2D eigenvalue weighted by Gasteiger charge is -2.11. The van der Waals surface area contributed by atoms with E-state index in [1.165, 1.54) is 0 Å². The minimum atomic E-state index is 0.0335. The molecule has 0 bridgehead atoms. The standard InChI is InChI=1S/C18H21NO2/c1-12-10-20-17-7-6-16(9-18(17)21-11-12)15-5-3-4-14(8-15)13(2)19/h3-9,12-13H,10-11,19H2,1-2H3. The van der Waals surface area contributed by atoms with E-state index < -0.39 is 0 Å². The maximum absolute atomic E-state index is 5.96. The minimum absolute atomic E-state index is 0.0335. The summed E-state index contributed by atoms with van der Waals surface area (Å²) in [5, 5.41) is 0. The summed E-state index contributed by atoms with van der Waals surface area (Å²) < 4.78 is 11.6. The topological polar surface area (TPSA) is 44.5 Å². The van der Waals surface area contributed by atoms with Crippen LogP contribution in [0, 0.1) is 5.92 Å². The molecule has 0 aromatic heterocycles. The lowest BCUT2D eigenvalue weighted by Crippen LogP contribution is -2.12. The second kappa shape index (κ2) is 5.78. The smallest absolute Gasteiger partial charge is 0.161 e. The summed E-state index contributed by atoms with van der Waals surface area (Å²) in [4.78, 5) is 0. The Kier molecular flexibility index (Phi) is 3.84. The molecular formula is C18H21NO2. The lowest BCUT2D eigenvalue weighted by atomic mass is 10.00. The molecule has 0 saturated carbocycles. The third kappa shape index (κ3) is 3.03. The molecular weight excluding hydrogens is 262 g/mol. The molecule has 3 nitrogen and oxygen atoms in total. The fourth-order valence-corrected chi connectivity index (χ4v) is 2.43. The highest BCUT2D eigenvalue weighted by molar-refractivity contribution is 5.68. The Morgan fingerprint density at radius 2 is 1.71 bits per heavy atom. The minimum Gasteiger partial charge on any atom is -0.489 e. The van der Waals surface area contributed by atoms with Crippen LogP contribution in [0.4, 0.5) is 0 Å². The van der Waals surface area contributed by atoms with Crippen LogP contribution in [0.5, 0.6) is 11.5 Å². The molecule has 0 radical (unpaired) electrons. The van der Waals surface area contributed by atoms with Crippen molar-refractivity contribution >= 4 is 0 Å². The molecule has 3 rings (SSSR count). The highest BCUT2D eigenvalue weighted by atomic mass is 16.5. The van der Waals surface area contributed by atoms with Gasteiger partial charge in [0.1, 0.15) is 0 Å². The number of rotatable bonds is 2. The molecule has 3 heteroatoms. The number of ether oxygens (including phenoxy) is 2. The molecule has 0 fully saturated rings. The SMILES string of the molecule is CC1COc2ccc(-c3cccc(C(C)N)c3)cc2OC1. The molecule has 1 aliphatic rings. The summed E-state index contributed by atoms with van der Waals surface area (Å²) in [6.07, 6.45) is 0. The van der Waals surface area contributed by atoms with Crippen molar-refractivity contribution in [3.63, 3.8) is 0 Å². The van der Waals surface area contributed by atoms with Crippen molar-refractivity contribution in [1.29, 1.82) is 0 Å². The number of benzene rings is 2. The van der Waals surface area contributed by atoms with Gasteiger partial charge in [0.2, 0.25) is 0 Å². The predicted molar refractivity (Wildman–Crippen MR) is 84.6 cm³/mol. The first-order valence-electron chi connectivity index (χ1n) is 7.39. The molecule has 2 aromatic carbocycles. The maximum atomic E-state index is 5.96. The third-order valence-electron chi connectivity index (χ3n) is 3.74. The number of fused-ring (bicyclic) bond motifs is 1. The van der Waals surface area contributed by atoms with Crippen LogP contribution in [-0.2, 0) is 0 Å². The summed E-state index contributed by atoms with van der Waals surface area (Å²) in [6, 6.07) is 14.5. The summed E-state index contributed by atoms with van der Waals surface area (Å²) in [7, 11) is 0. The van der Waals surface area contributed by atoms with Crippen molar-refractivity contribution in [2.24, 2.45) is 11.7 Å². The molecule has 2 unspecified atom stereocenters. The van der Waals surface area contributed by atoms with Gasteiger partial charge in [-0.05, 0) is 41.8 Å². The van der Waals surface area contributed by atoms with Crippen LogP contribution in [0.25, 0.3) is 11.1 Å². The molecule has 0 spiro atoms. The highest BCUT2D eigenvalue weighted by Gasteiger charge is 2.15. The molecule has 1 aliphatic heterocycles. The lowest BCUT2D eigenvalue weighted by molar-refractivity contribution is 0.228. The maximum Gasteiger partial charge on any atom is 0.161 e. The van der Waals surface area contributed by atoms with E-state index in [0.717, 1.165) is 28.2 Å². The summed E-state index contributed by atoms with van der Waals surface area (Å²) in [5.74, 6) is 2.05. The zero-order valence-electron chi connectivity index (χ0n) is 12.5. The number of hydrogen-bond acceptors (Lipinski definition) is 3. The van der Waals surface area contributed by atoms with Crippen LogP contribution in [0.15, 0.2) is 42.5 Å². The first kappa shape index (κ1) is 14.0. The molecule has 0 saturated heterocycles. The van der Waals surface area contributed by atoms with Gasteiger partial charge >= 0.3 is 0 Å². The molecule has 2 atom stereocenters. The normalized spacial score (nSPS) is 18.9. The zero-order valence-corrected chi connectivity index (χ0v) is 12.5. The van der Waals surface area contributed by atoms with Crippen molar-refractivity contribution in [3.05, 3.63) is 48.0 Å². The van der Waals surface area contributed by atoms with Gasteiger partial charge in [-0.15, -0.1) is 0 Å². The second-order valence-electron chi connectivity index (χ2n) is 5.80. The van der Waals surface area contributed by atoms with Crippen LogP contribution < -0.4 is 15.2 Å². The molecule has 110 valence electrons. The van der Waals surface area contributed by atoms with Gasteiger partial charge in [0.25, 0.3) is 0 Å². The van der Waals surface area contributed by atoms with E-state index in [4.69, 9.17) is 15.2 Å².